The molecule has 1 amide bonds. The number of halogens is 2. The van der Waals surface area contributed by atoms with E-state index in [4.69, 9.17) is 4.74 Å². The highest BCUT2D eigenvalue weighted by molar-refractivity contribution is 9.10. The fourth-order valence-corrected chi connectivity index (χ4v) is 4.08. The molecule has 0 aromatic heterocycles. The quantitative estimate of drug-likeness (QED) is 0.488. The number of hydrogen-bond acceptors (Lipinski definition) is 3. The third-order valence-electron chi connectivity index (χ3n) is 5.33. The van der Waals surface area contributed by atoms with Gasteiger partial charge in [0.2, 0.25) is 0 Å². The highest BCUT2D eigenvalue weighted by Gasteiger charge is 2.22. The van der Waals surface area contributed by atoms with Crippen molar-refractivity contribution in [2.45, 2.75) is 13.2 Å². The van der Waals surface area contributed by atoms with Crippen molar-refractivity contribution >= 4 is 21.8 Å². The molecule has 0 bridgehead atoms. The van der Waals surface area contributed by atoms with Crippen molar-refractivity contribution in [1.82, 2.24) is 9.80 Å². The Hall–Kier alpha value is -2.70. The van der Waals surface area contributed by atoms with Crippen molar-refractivity contribution < 1.29 is 13.9 Å². The third kappa shape index (κ3) is 5.93. The lowest BCUT2D eigenvalue weighted by atomic mass is 10.1. The Kier molecular flexibility index (Phi) is 6.99. The summed E-state index contributed by atoms with van der Waals surface area (Å²) in [7, 11) is 0. The second-order valence-electron chi connectivity index (χ2n) is 7.64. The number of nitrogens with zero attached hydrogens (tertiary/aromatic N) is 2. The van der Waals surface area contributed by atoms with E-state index < -0.39 is 0 Å². The van der Waals surface area contributed by atoms with Gasteiger partial charge in [-0.05, 0) is 53.6 Å². The molecule has 4 nitrogen and oxygen atoms in total. The summed E-state index contributed by atoms with van der Waals surface area (Å²) in [6, 6.07) is 22.0. The number of rotatable bonds is 6. The van der Waals surface area contributed by atoms with Gasteiger partial charge in [-0.3, -0.25) is 9.69 Å². The first-order valence-electron chi connectivity index (χ1n) is 10.3. The van der Waals surface area contributed by atoms with Crippen molar-refractivity contribution in [2.75, 3.05) is 26.2 Å². The van der Waals surface area contributed by atoms with Crippen LogP contribution in [0.15, 0.2) is 77.3 Å². The lowest BCUT2D eigenvalue weighted by Crippen LogP contribution is -2.48. The van der Waals surface area contributed by atoms with Crippen LogP contribution in [0.1, 0.15) is 21.5 Å². The highest BCUT2D eigenvalue weighted by Crippen LogP contribution is 2.20. The maximum absolute atomic E-state index is 13.4. The normalized spacial score (nSPS) is 14.5. The Morgan fingerprint density at radius 2 is 1.65 bits per heavy atom. The Bertz CT molecular complexity index is 1050. The first-order valence-corrected chi connectivity index (χ1v) is 11.1. The van der Waals surface area contributed by atoms with Gasteiger partial charge in [0.15, 0.2) is 0 Å². The highest BCUT2D eigenvalue weighted by atomic mass is 79.9. The molecule has 0 atom stereocenters. The molecule has 3 aromatic carbocycles. The number of piperazine rings is 1. The van der Waals surface area contributed by atoms with Gasteiger partial charge >= 0.3 is 0 Å². The summed E-state index contributed by atoms with van der Waals surface area (Å²) in [6.45, 7) is 3.96. The van der Waals surface area contributed by atoms with Gasteiger partial charge in [0.1, 0.15) is 18.2 Å². The van der Waals surface area contributed by atoms with Crippen LogP contribution in [-0.4, -0.2) is 41.9 Å². The van der Waals surface area contributed by atoms with Crippen molar-refractivity contribution in [3.8, 4) is 5.75 Å². The lowest BCUT2D eigenvalue weighted by molar-refractivity contribution is 0.0628. The standard InChI is InChI=1S/C25H24BrFN2O2/c26-22-7-3-9-24(16-22)31-18-20-5-1-6-21(14-20)25(30)29-12-10-28(11-13-29)17-19-4-2-8-23(27)15-19/h1-9,14-16H,10-13,17-18H2. The molecule has 1 saturated heterocycles. The first kappa shape index (κ1) is 21.5. The number of carbonyl (C=O) groups is 1. The summed E-state index contributed by atoms with van der Waals surface area (Å²) in [4.78, 5) is 17.1. The van der Waals surface area contributed by atoms with Crippen LogP contribution in [0.2, 0.25) is 0 Å². The van der Waals surface area contributed by atoms with E-state index in [0.29, 0.717) is 31.8 Å². The van der Waals surface area contributed by atoms with Crippen LogP contribution in [0.3, 0.4) is 0 Å². The predicted octanol–water partition coefficient (Wildman–Crippen LogP) is 5.13. The molecule has 1 aliphatic heterocycles. The fraction of sp³-hybridized carbons (Fsp3) is 0.240. The van der Waals surface area contributed by atoms with Crippen molar-refractivity contribution in [3.63, 3.8) is 0 Å². The topological polar surface area (TPSA) is 32.8 Å². The summed E-state index contributed by atoms with van der Waals surface area (Å²) >= 11 is 3.44. The Balaban J connectivity index is 1.32. The Morgan fingerprint density at radius 1 is 0.903 bits per heavy atom. The molecule has 1 heterocycles. The molecule has 0 aliphatic carbocycles. The van der Waals surface area contributed by atoms with E-state index in [0.717, 1.165) is 34.4 Å². The molecule has 160 valence electrons. The van der Waals surface area contributed by atoms with Crippen LogP contribution in [0.4, 0.5) is 4.39 Å². The van der Waals surface area contributed by atoms with Gasteiger partial charge in [-0.1, -0.05) is 46.3 Å². The molecule has 0 saturated carbocycles. The van der Waals surface area contributed by atoms with Crippen LogP contribution >= 0.6 is 15.9 Å². The maximum atomic E-state index is 13.4. The maximum Gasteiger partial charge on any atom is 0.253 e. The zero-order valence-corrected chi connectivity index (χ0v) is 18.7. The van der Waals surface area contributed by atoms with E-state index in [1.54, 1.807) is 12.1 Å². The molecular formula is C25H24BrFN2O2. The minimum Gasteiger partial charge on any atom is -0.489 e. The van der Waals surface area contributed by atoms with Gasteiger partial charge in [0.05, 0.1) is 0 Å². The number of carbonyl (C=O) groups excluding carboxylic acids is 1. The van der Waals surface area contributed by atoms with Crippen LogP contribution in [-0.2, 0) is 13.2 Å². The summed E-state index contributed by atoms with van der Waals surface area (Å²) in [5.41, 5.74) is 2.59. The number of benzene rings is 3. The van der Waals surface area contributed by atoms with Gasteiger partial charge in [-0.15, -0.1) is 0 Å². The van der Waals surface area contributed by atoms with Crippen LogP contribution in [0, 0.1) is 5.82 Å². The summed E-state index contributed by atoms with van der Waals surface area (Å²) in [5, 5.41) is 0. The molecular weight excluding hydrogens is 459 g/mol. The van der Waals surface area contributed by atoms with Crippen molar-refractivity contribution in [1.29, 1.82) is 0 Å². The van der Waals surface area contributed by atoms with Gasteiger partial charge in [0.25, 0.3) is 5.91 Å². The molecule has 0 spiro atoms. The van der Waals surface area contributed by atoms with E-state index in [1.807, 2.05) is 59.5 Å². The van der Waals surface area contributed by atoms with E-state index in [9.17, 15) is 9.18 Å². The van der Waals surface area contributed by atoms with Gasteiger partial charge < -0.3 is 9.64 Å². The molecule has 0 N–H and O–H groups in total. The van der Waals surface area contributed by atoms with Gasteiger partial charge in [-0.2, -0.15) is 0 Å². The molecule has 3 aromatic rings. The molecule has 6 heteroatoms. The SMILES string of the molecule is O=C(c1cccc(COc2cccc(Br)c2)c1)N1CCN(Cc2cccc(F)c2)CC1. The summed E-state index contributed by atoms with van der Waals surface area (Å²) in [5.74, 6) is 0.602. The lowest BCUT2D eigenvalue weighted by Gasteiger charge is -2.34. The summed E-state index contributed by atoms with van der Waals surface area (Å²) in [6.07, 6.45) is 0. The van der Waals surface area contributed by atoms with Crippen LogP contribution in [0.25, 0.3) is 0 Å². The second-order valence-corrected chi connectivity index (χ2v) is 8.56. The zero-order valence-electron chi connectivity index (χ0n) is 17.1. The summed E-state index contributed by atoms with van der Waals surface area (Å²) < 4.78 is 20.2. The average Bonchev–Trinajstić information content (AvgIpc) is 2.78. The average molecular weight is 483 g/mol. The zero-order chi connectivity index (χ0) is 21.6. The minimum atomic E-state index is -0.213. The first-order chi connectivity index (χ1) is 15.1. The number of hydrogen-bond donors (Lipinski definition) is 0. The Labute approximate surface area is 190 Å². The van der Waals surface area contributed by atoms with E-state index >= 15 is 0 Å². The smallest absolute Gasteiger partial charge is 0.253 e. The molecule has 0 radical (unpaired) electrons. The molecule has 1 fully saturated rings. The predicted molar refractivity (Wildman–Crippen MR) is 122 cm³/mol. The Morgan fingerprint density at radius 3 is 2.42 bits per heavy atom. The molecule has 1 aliphatic rings. The van der Waals surface area contributed by atoms with E-state index in [2.05, 4.69) is 20.8 Å². The molecule has 31 heavy (non-hydrogen) atoms. The van der Waals surface area contributed by atoms with Crippen LogP contribution in [0.5, 0.6) is 5.75 Å². The van der Waals surface area contributed by atoms with Gasteiger partial charge in [0, 0.05) is 42.8 Å². The third-order valence-corrected chi connectivity index (χ3v) is 5.82. The molecule has 0 unspecified atom stereocenters. The fourth-order valence-electron chi connectivity index (χ4n) is 3.70. The monoisotopic (exact) mass is 482 g/mol. The van der Waals surface area contributed by atoms with Gasteiger partial charge in [-0.25, -0.2) is 4.39 Å². The van der Waals surface area contributed by atoms with Crippen LogP contribution < -0.4 is 4.74 Å². The largest absolute Gasteiger partial charge is 0.489 e. The minimum absolute atomic E-state index is 0.0368. The number of ether oxygens (including phenoxy) is 1. The van der Waals surface area contributed by atoms with E-state index in [1.165, 1.54) is 6.07 Å². The number of amides is 1. The van der Waals surface area contributed by atoms with Crippen molar-refractivity contribution in [2.24, 2.45) is 0 Å². The second kappa shape index (κ2) is 10.1. The molecule has 4 rings (SSSR count). The van der Waals surface area contributed by atoms with Crippen molar-refractivity contribution in [3.05, 3.63) is 99.8 Å². The van der Waals surface area contributed by atoms with E-state index in [-0.39, 0.29) is 11.7 Å².